The van der Waals surface area contributed by atoms with Gasteiger partial charge in [-0.15, -0.1) is 6.58 Å². The Balaban J connectivity index is 2.08. The maximum atomic E-state index is 12.0. The lowest BCUT2D eigenvalue weighted by Gasteiger charge is -2.06. The van der Waals surface area contributed by atoms with Crippen molar-refractivity contribution < 1.29 is 4.79 Å². The predicted octanol–water partition coefficient (Wildman–Crippen LogP) is 2.62. The van der Waals surface area contributed by atoms with Crippen LogP contribution in [0.2, 0.25) is 0 Å². The van der Waals surface area contributed by atoms with Crippen LogP contribution in [0.15, 0.2) is 36.9 Å². The molecule has 6 heteroatoms. The summed E-state index contributed by atoms with van der Waals surface area (Å²) in [5.41, 5.74) is 1.87. The van der Waals surface area contributed by atoms with Crippen LogP contribution in [-0.2, 0) is 17.8 Å². The van der Waals surface area contributed by atoms with E-state index in [-0.39, 0.29) is 12.3 Å². The van der Waals surface area contributed by atoms with E-state index in [1.54, 1.807) is 10.6 Å². The number of aromatic nitrogens is 3. The van der Waals surface area contributed by atoms with Crippen molar-refractivity contribution in [2.45, 2.75) is 19.9 Å². The summed E-state index contributed by atoms with van der Waals surface area (Å²) < 4.78 is 2.24. The summed E-state index contributed by atoms with van der Waals surface area (Å²) in [4.78, 5) is 12.0. The van der Waals surface area contributed by atoms with Gasteiger partial charge in [-0.1, -0.05) is 18.2 Å². The van der Waals surface area contributed by atoms with Crippen LogP contribution in [0.3, 0.4) is 0 Å². The molecular formula is C14H16N4OS. The lowest BCUT2D eigenvalue weighted by Crippen LogP contribution is -2.17. The standard InChI is InChI=1S/C14H16N4OS/c1-3-7-18-12(16-17-14(18)20)9-13(19)15-11-6-4-5-10(2)8-11/h3-6,8H,1,7,9H2,2H3,(H,15,19)(H,17,20). The van der Waals surface area contributed by atoms with Crippen molar-refractivity contribution in [3.05, 3.63) is 53.1 Å². The van der Waals surface area contributed by atoms with Gasteiger partial charge in [0.2, 0.25) is 5.91 Å². The van der Waals surface area contributed by atoms with E-state index >= 15 is 0 Å². The van der Waals surface area contributed by atoms with Gasteiger partial charge in [0.15, 0.2) is 4.77 Å². The molecule has 1 aromatic heterocycles. The van der Waals surface area contributed by atoms with Gasteiger partial charge in [-0.2, -0.15) is 5.10 Å². The molecule has 2 N–H and O–H groups in total. The molecular weight excluding hydrogens is 272 g/mol. The lowest BCUT2D eigenvalue weighted by molar-refractivity contribution is -0.115. The third kappa shape index (κ3) is 3.42. The first-order valence-electron chi connectivity index (χ1n) is 6.21. The van der Waals surface area contributed by atoms with Gasteiger partial charge >= 0.3 is 0 Å². The number of carbonyl (C=O) groups is 1. The fourth-order valence-corrected chi connectivity index (χ4v) is 2.10. The van der Waals surface area contributed by atoms with Gasteiger partial charge in [0, 0.05) is 12.2 Å². The number of nitrogens with one attached hydrogen (secondary N) is 2. The second-order valence-electron chi connectivity index (χ2n) is 4.44. The molecule has 104 valence electrons. The van der Waals surface area contributed by atoms with Gasteiger partial charge in [0.1, 0.15) is 5.82 Å². The van der Waals surface area contributed by atoms with Gasteiger partial charge in [-0.25, -0.2) is 0 Å². The van der Waals surface area contributed by atoms with Crippen LogP contribution in [0.1, 0.15) is 11.4 Å². The van der Waals surface area contributed by atoms with Crippen molar-refractivity contribution in [3.8, 4) is 0 Å². The first-order chi connectivity index (χ1) is 9.60. The predicted molar refractivity (Wildman–Crippen MR) is 81.1 cm³/mol. The molecule has 0 saturated heterocycles. The van der Waals surface area contributed by atoms with Gasteiger partial charge < -0.3 is 5.32 Å². The Hall–Kier alpha value is -2.21. The molecule has 0 radical (unpaired) electrons. The fourth-order valence-electron chi connectivity index (χ4n) is 1.87. The molecule has 1 aromatic carbocycles. The molecule has 0 atom stereocenters. The smallest absolute Gasteiger partial charge is 0.232 e. The van der Waals surface area contributed by atoms with Crippen molar-refractivity contribution in [2.24, 2.45) is 0 Å². The number of hydrogen-bond acceptors (Lipinski definition) is 3. The molecule has 2 aromatic rings. The number of benzene rings is 1. The third-order valence-corrected chi connectivity index (χ3v) is 3.08. The fraction of sp³-hybridized carbons (Fsp3) is 0.214. The van der Waals surface area contributed by atoms with Crippen molar-refractivity contribution in [2.75, 3.05) is 5.32 Å². The van der Waals surface area contributed by atoms with E-state index in [9.17, 15) is 4.79 Å². The Morgan fingerprint density at radius 1 is 1.60 bits per heavy atom. The van der Waals surface area contributed by atoms with Gasteiger partial charge in [-0.3, -0.25) is 14.5 Å². The molecule has 1 amide bonds. The van der Waals surface area contributed by atoms with Crippen LogP contribution < -0.4 is 5.32 Å². The Morgan fingerprint density at radius 2 is 2.40 bits per heavy atom. The second kappa shape index (κ2) is 6.29. The number of rotatable bonds is 5. The number of hydrogen-bond donors (Lipinski definition) is 2. The second-order valence-corrected chi connectivity index (χ2v) is 4.83. The molecule has 0 aliphatic heterocycles. The van der Waals surface area contributed by atoms with Gasteiger partial charge in [-0.05, 0) is 36.8 Å². The zero-order chi connectivity index (χ0) is 14.5. The van der Waals surface area contributed by atoms with E-state index in [4.69, 9.17) is 12.2 Å². The van der Waals surface area contributed by atoms with E-state index in [1.807, 2.05) is 31.2 Å². The highest BCUT2D eigenvalue weighted by atomic mass is 32.1. The number of H-pyrrole nitrogens is 1. The van der Waals surface area contributed by atoms with Crippen molar-refractivity contribution in [1.82, 2.24) is 14.8 Å². The van der Waals surface area contributed by atoms with Crippen molar-refractivity contribution >= 4 is 23.8 Å². The van der Waals surface area contributed by atoms with Gasteiger partial charge in [0.05, 0.1) is 6.42 Å². The molecule has 0 saturated carbocycles. The van der Waals surface area contributed by atoms with E-state index in [2.05, 4.69) is 22.1 Å². The Labute approximate surface area is 122 Å². The summed E-state index contributed by atoms with van der Waals surface area (Å²) in [6.07, 6.45) is 1.88. The average Bonchev–Trinajstić information content (AvgIpc) is 2.72. The van der Waals surface area contributed by atoms with E-state index in [0.717, 1.165) is 11.3 Å². The summed E-state index contributed by atoms with van der Waals surface area (Å²) in [6.45, 7) is 6.17. The molecule has 0 bridgehead atoms. The number of nitrogens with zero attached hydrogens (tertiary/aromatic N) is 2. The first-order valence-corrected chi connectivity index (χ1v) is 6.62. The molecule has 0 aliphatic carbocycles. The highest BCUT2D eigenvalue weighted by Crippen LogP contribution is 2.10. The largest absolute Gasteiger partial charge is 0.326 e. The topological polar surface area (TPSA) is 62.7 Å². The molecule has 2 rings (SSSR count). The van der Waals surface area contributed by atoms with Crippen LogP contribution in [0, 0.1) is 11.7 Å². The number of amides is 1. The number of allylic oxidation sites excluding steroid dienone is 1. The summed E-state index contributed by atoms with van der Waals surface area (Å²) in [6, 6.07) is 7.65. The molecule has 1 heterocycles. The minimum Gasteiger partial charge on any atom is -0.326 e. The molecule has 0 spiro atoms. The Morgan fingerprint density at radius 3 is 3.10 bits per heavy atom. The molecule has 0 fully saturated rings. The van der Waals surface area contributed by atoms with E-state index in [0.29, 0.717) is 17.1 Å². The molecule has 5 nitrogen and oxygen atoms in total. The first kappa shape index (κ1) is 14.2. The average molecular weight is 288 g/mol. The van der Waals surface area contributed by atoms with Gasteiger partial charge in [0.25, 0.3) is 0 Å². The summed E-state index contributed by atoms with van der Waals surface area (Å²) >= 11 is 5.10. The van der Waals surface area contributed by atoms with E-state index < -0.39 is 0 Å². The van der Waals surface area contributed by atoms with Crippen LogP contribution in [0.25, 0.3) is 0 Å². The maximum absolute atomic E-state index is 12.0. The zero-order valence-corrected chi connectivity index (χ0v) is 12.0. The normalized spacial score (nSPS) is 10.2. The zero-order valence-electron chi connectivity index (χ0n) is 11.2. The van der Waals surface area contributed by atoms with E-state index in [1.165, 1.54) is 0 Å². The highest BCUT2D eigenvalue weighted by Gasteiger charge is 2.10. The number of carbonyl (C=O) groups excluding carboxylic acids is 1. The molecule has 0 aliphatic rings. The summed E-state index contributed by atoms with van der Waals surface area (Å²) in [5, 5.41) is 9.60. The maximum Gasteiger partial charge on any atom is 0.232 e. The lowest BCUT2D eigenvalue weighted by atomic mass is 10.2. The van der Waals surface area contributed by atoms with Crippen molar-refractivity contribution in [3.63, 3.8) is 0 Å². The summed E-state index contributed by atoms with van der Waals surface area (Å²) in [5.74, 6) is 0.468. The number of aromatic amines is 1. The molecule has 20 heavy (non-hydrogen) atoms. The van der Waals surface area contributed by atoms with Crippen LogP contribution >= 0.6 is 12.2 Å². The summed E-state index contributed by atoms with van der Waals surface area (Å²) in [7, 11) is 0. The van der Waals surface area contributed by atoms with Crippen LogP contribution in [0.5, 0.6) is 0 Å². The van der Waals surface area contributed by atoms with Crippen LogP contribution in [0.4, 0.5) is 5.69 Å². The number of aryl methyl sites for hydroxylation is 1. The quantitative estimate of drug-likeness (QED) is 0.656. The Bertz CT molecular complexity index is 686. The Kier molecular flexibility index (Phi) is 4.47. The minimum absolute atomic E-state index is 0.130. The number of anilines is 1. The monoisotopic (exact) mass is 288 g/mol. The third-order valence-electron chi connectivity index (χ3n) is 2.77. The van der Waals surface area contributed by atoms with Crippen LogP contribution in [-0.4, -0.2) is 20.7 Å². The van der Waals surface area contributed by atoms with Crippen molar-refractivity contribution in [1.29, 1.82) is 0 Å². The molecule has 0 unspecified atom stereocenters. The minimum atomic E-state index is -0.130. The SMILES string of the molecule is C=CCn1c(CC(=O)Nc2cccc(C)c2)n[nH]c1=S. The highest BCUT2D eigenvalue weighted by molar-refractivity contribution is 7.71.